The maximum atomic E-state index is 5.99. The van der Waals surface area contributed by atoms with Gasteiger partial charge in [-0.25, -0.2) is 0 Å². The molecule has 2 nitrogen and oxygen atoms in total. The summed E-state index contributed by atoms with van der Waals surface area (Å²) in [6.45, 7) is 10.4. The third-order valence-corrected chi connectivity index (χ3v) is 3.60. The summed E-state index contributed by atoms with van der Waals surface area (Å²) in [5.74, 6) is 0. The van der Waals surface area contributed by atoms with E-state index in [9.17, 15) is 0 Å². The highest BCUT2D eigenvalue weighted by molar-refractivity contribution is 5.27. The van der Waals surface area contributed by atoms with Gasteiger partial charge in [-0.1, -0.05) is 57.9 Å². The van der Waals surface area contributed by atoms with Crippen molar-refractivity contribution in [1.82, 2.24) is 5.32 Å². The molecule has 2 atom stereocenters. The van der Waals surface area contributed by atoms with Crippen molar-refractivity contribution in [2.45, 2.75) is 65.5 Å². The molecule has 2 heteroatoms. The lowest BCUT2D eigenvalue weighted by atomic mass is 9.95. The van der Waals surface area contributed by atoms with Gasteiger partial charge in [0.05, 0.1) is 12.1 Å². The summed E-state index contributed by atoms with van der Waals surface area (Å²) < 4.78 is 5.99. The minimum absolute atomic E-state index is 0.266. The number of benzene rings is 1. The first-order valence-corrected chi connectivity index (χ1v) is 8.20. The number of likely N-dealkylation sites (N-methyl/N-ethyl adjacent to an activating group) is 1. The first-order chi connectivity index (χ1) is 9.76. The van der Waals surface area contributed by atoms with E-state index < -0.39 is 0 Å². The van der Waals surface area contributed by atoms with Crippen LogP contribution in [0.2, 0.25) is 0 Å². The van der Waals surface area contributed by atoms with Crippen LogP contribution in [-0.4, -0.2) is 19.3 Å². The van der Waals surface area contributed by atoms with Crippen LogP contribution in [0.4, 0.5) is 0 Å². The van der Waals surface area contributed by atoms with Gasteiger partial charge in [0, 0.05) is 6.61 Å². The van der Waals surface area contributed by atoms with E-state index in [0.717, 1.165) is 32.4 Å². The lowest BCUT2D eigenvalue weighted by Crippen LogP contribution is -2.34. The molecule has 20 heavy (non-hydrogen) atoms. The fourth-order valence-electron chi connectivity index (χ4n) is 2.76. The lowest BCUT2D eigenvalue weighted by molar-refractivity contribution is 0.0280. The Morgan fingerprint density at radius 2 is 1.90 bits per heavy atom. The van der Waals surface area contributed by atoms with Gasteiger partial charge >= 0.3 is 0 Å². The number of ether oxygens (including phenoxy) is 1. The van der Waals surface area contributed by atoms with E-state index in [-0.39, 0.29) is 6.10 Å². The van der Waals surface area contributed by atoms with Crippen LogP contribution in [0.1, 0.15) is 64.1 Å². The summed E-state index contributed by atoms with van der Waals surface area (Å²) in [7, 11) is 0. The molecule has 0 aliphatic carbocycles. The molecule has 0 saturated carbocycles. The number of hydrogen-bond acceptors (Lipinski definition) is 2. The summed E-state index contributed by atoms with van der Waals surface area (Å²) in [6, 6.07) is 9.29. The molecule has 114 valence electrons. The van der Waals surface area contributed by atoms with Gasteiger partial charge in [0.25, 0.3) is 0 Å². The first-order valence-electron chi connectivity index (χ1n) is 8.20. The number of nitrogens with one attached hydrogen (secondary N) is 1. The molecule has 1 aromatic rings. The molecule has 0 saturated heterocycles. The minimum atomic E-state index is 0.266. The second kappa shape index (κ2) is 9.95. The molecule has 0 amide bonds. The Bertz CT molecular complexity index is 358. The maximum Gasteiger partial charge on any atom is 0.0769 e. The molecule has 0 spiro atoms. The van der Waals surface area contributed by atoms with Crippen molar-refractivity contribution in [3.05, 3.63) is 35.4 Å². The SMILES string of the molecule is CCCc1cccc(C(NCC)C(CCC)OCC)c1. The summed E-state index contributed by atoms with van der Waals surface area (Å²) in [5, 5.41) is 3.61. The molecule has 0 radical (unpaired) electrons. The molecular formula is C18H31NO. The highest BCUT2D eigenvalue weighted by atomic mass is 16.5. The van der Waals surface area contributed by atoms with Gasteiger partial charge in [-0.05, 0) is 37.4 Å². The highest BCUT2D eigenvalue weighted by Crippen LogP contribution is 2.24. The first kappa shape index (κ1) is 17.2. The topological polar surface area (TPSA) is 21.3 Å². The predicted octanol–water partition coefficient (Wildman–Crippen LogP) is 4.49. The van der Waals surface area contributed by atoms with Crippen molar-refractivity contribution in [3.63, 3.8) is 0 Å². The van der Waals surface area contributed by atoms with E-state index >= 15 is 0 Å². The second-order valence-electron chi connectivity index (χ2n) is 5.31. The predicted molar refractivity (Wildman–Crippen MR) is 87.2 cm³/mol. The zero-order valence-corrected chi connectivity index (χ0v) is 13.6. The van der Waals surface area contributed by atoms with Crippen molar-refractivity contribution in [3.8, 4) is 0 Å². The summed E-state index contributed by atoms with van der Waals surface area (Å²) in [6.07, 6.45) is 4.87. The van der Waals surface area contributed by atoms with E-state index in [0.29, 0.717) is 6.04 Å². The fraction of sp³-hybridized carbons (Fsp3) is 0.667. The molecule has 0 fully saturated rings. The van der Waals surface area contributed by atoms with Crippen LogP contribution in [0.5, 0.6) is 0 Å². The molecule has 0 aromatic heterocycles. The fourth-order valence-corrected chi connectivity index (χ4v) is 2.76. The molecule has 0 heterocycles. The molecular weight excluding hydrogens is 246 g/mol. The van der Waals surface area contributed by atoms with Gasteiger partial charge in [0.15, 0.2) is 0 Å². The second-order valence-corrected chi connectivity index (χ2v) is 5.31. The van der Waals surface area contributed by atoms with Crippen LogP contribution in [0.3, 0.4) is 0 Å². The number of aryl methyl sites for hydroxylation is 1. The largest absolute Gasteiger partial charge is 0.377 e. The zero-order valence-electron chi connectivity index (χ0n) is 13.6. The van der Waals surface area contributed by atoms with Crippen molar-refractivity contribution in [1.29, 1.82) is 0 Å². The van der Waals surface area contributed by atoms with E-state index in [4.69, 9.17) is 4.74 Å². The minimum Gasteiger partial charge on any atom is -0.377 e. The highest BCUT2D eigenvalue weighted by Gasteiger charge is 2.22. The molecule has 0 aliphatic rings. The van der Waals surface area contributed by atoms with Crippen molar-refractivity contribution in [2.24, 2.45) is 0 Å². The van der Waals surface area contributed by atoms with E-state index in [1.54, 1.807) is 0 Å². The Labute approximate surface area is 124 Å². The van der Waals surface area contributed by atoms with Crippen molar-refractivity contribution < 1.29 is 4.74 Å². The Hall–Kier alpha value is -0.860. The number of hydrogen-bond donors (Lipinski definition) is 1. The van der Waals surface area contributed by atoms with Gasteiger partial charge in [-0.15, -0.1) is 0 Å². The van der Waals surface area contributed by atoms with Gasteiger partial charge in [-0.3, -0.25) is 0 Å². The van der Waals surface area contributed by atoms with Crippen molar-refractivity contribution in [2.75, 3.05) is 13.2 Å². The smallest absolute Gasteiger partial charge is 0.0769 e. The zero-order chi connectivity index (χ0) is 14.8. The van der Waals surface area contributed by atoms with Crippen LogP contribution in [0, 0.1) is 0 Å². The maximum absolute atomic E-state index is 5.99. The molecule has 1 N–H and O–H groups in total. The third kappa shape index (κ3) is 5.26. The molecule has 0 bridgehead atoms. The molecule has 2 unspecified atom stereocenters. The Kier molecular flexibility index (Phi) is 8.56. The Morgan fingerprint density at radius 3 is 2.50 bits per heavy atom. The number of rotatable bonds is 10. The van der Waals surface area contributed by atoms with Crippen LogP contribution >= 0.6 is 0 Å². The molecule has 0 aliphatic heterocycles. The normalized spacial score (nSPS) is 14.2. The summed E-state index contributed by atoms with van der Waals surface area (Å²) in [5.41, 5.74) is 2.80. The summed E-state index contributed by atoms with van der Waals surface area (Å²) in [4.78, 5) is 0. The van der Waals surface area contributed by atoms with Crippen LogP contribution in [0.15, 0.2) is 24.3 Å². The van der Waals surface area contributed by atoms with Crippen LogP contribution in [-0.2, 0) is 11.2 Å². The average molecular weight is 277 g/mol. The Morgan fingerprint density at radius 1 is 1.10 bits per heavy atom. The average Bonchev–Trinajstić information content (AvgIpc) is 2.45. The van der Waals surface area contributed by atoms with Gasteiger partial charge < -0.3 is 10.1 Å². The van der Waals surface area contributed by atoms with Crippen molar-refractivity contribution >= 4 is 0 Å². The Balaban J connectivity index is 2.94. The van der Waals surface area contributed by atoms with Gasteiger partial charge in [-0.2, -0.15) is 0 Å². The van der Waals surface area contributed by atoms with Gasteiger partial charge in [0.1, 0.15) is 0 Å². The van der Waals surface area contributed by atoms with Crippen LogP contribution < -0.4 is 5.32 Å². The quantitative estimate of drug-likeness (QED) is 0.680. The van der Waals surface area contributed by atoms with E-state index in [1.807, 2.05) is 0 Å². The van der Waals surface area contributed by atoms with Crippen LogP contribution in [0.25, 0.3) is 0 Å². The monoisotopic (exact) mass is 277 g/mol. The van der Waals surface area contributed by atoms with E-state index in [2.05, 4.69) is 57.3 Å². The third-order valence-electron chi connectivity index (χ3n) is 3.60. The molecule has 1 rings (SSSR count). The lowest BCUT2D eigenvalue weighted by Gasteiger charge is -2.28. The summed E-state index contributed by atoms with van der Waals surface area (Å²) >= 11 is 0. The van der Waals surface area contributed by atoms with Gasteiger partial charge in [0.2, 0.25) is 0 Å². The standard InChI is InChI=1S/C18H31NO/c1-5-10-15-12-9-13-16(14-15)18(19-7-3)17(11-6-2)20-8-4/h9,12-14,17-19H,5-8,10-11H2,1-4H3. The molecule has 1 aromatic carbocycles. The van der Waals surface area contributed by atoms with E-state index in [1.165, 1.54) is 17.5 Å².